The van der Waals surface area contributed by atoms with Crippen LogP contribution in [0.15, 0.2) is 42.5 Å². The first-order chi connectivity index (χ1) is 11.9. The fraction of sp³-hybridized carbons (Fsp3) is 0.133. The third kappa shape index (κ3) is 3.66. The maximum absolute atomic E-state index is 12.2. The molecule has 3 aromatic rings. The van der Waals surface area contributed by atoms with Crippen LogP contribution < -0.4 is 10.2 Å². The van der Waals surface area contributed by atoms with E-state index >= 15 is 0 Å². The summed E-state index contributed by atoms with van der Waals surface area (Å²) in [5.74, 6) is -0.494. The van der Waals surface area contributed by atoms with Gasteiger partial charge in [-0.15, -0.1) is 5.10 Å². The highest BCUT2D eigenvalue weighted by Crippen LogP contribution is 2.18. The number of nitro groups is 1. The maximum Gasteiger partial charge on any atom is 0.271 e. The summed E-state index contributed by atoms with van der Waals surface area (Å²) in [5.41, 5.74) is 1.25. The Bertz CT molecular complexity index is 958. The molecule has 0 fully saturated rings. The molecule has 1 N–H and O–H groups in total. The lowest BCUT2D eigenvalue weighted by atomic mass is 10.2. The maximum atomic E-state index is 12.2. The van der Waals surface area contributed by atoms with Crippen molar-refractivity contribution < 1.29 is 14.6 Å². The lowest BCUT2D eigenvalue weighted by Crippen LogP contribution is -2.35. The minimum Gasteiger partial charge on any atom is -0.382 e. The van der Waals surface area contributed by atoms with E-state index in [0.717, 1.165) is 4.85 Å². The van der Waals surface area contributed by atoms with Gasteiger partial charge in [0.1, 0.15) is 11.0 Å². The lowest BCUT2D eigenvalue weighted by Gasteiger charge is -2.13. The van der Waals surface area contributed by atoms with E-state index in [-0.39, 0.29) is 5.69 Å². The number of carbonyl (C=O) groups excluding carboxylic acids is 1. The zero-order valence-corrected chi connectivity index (χ0v) is 13.7. The molecule has 0 radical (unpaired) electrons. The fourth-order valence-corrected chi connectivity index (χ4v) is 2.25. The summed E-state index contributed by atoms with van der Waals surface area (Å²) < 4.78 is 0. The molecule has 128 valence electrons. The van der Waals surface area contributed by atoms with Gasteiger partial charge >= 0.3 is 0 Å². The number of halogens is 1. The number of fused-ring (bicyclic) bond motifs is 1. The number of anilines is 1. The average molecular weight is 362 g/mol. The summed E-state index contributed by atoms with van der Waals surface area (Å²) in [5, 5.41) is 21.5. The van der Waals surface area contributed by atoms with Crippen molar-refractivity contribution in [3.05, 3.63) is 57.6 Å². The van der Waals surface area contributed by atoms with Gasteiger partial charge in [-0.2, -0.15) is 0 Å². The Labute approximate surface area is 146 Å². The highest BCUT2D eigenvalue weighted by Gasteiger charge is 2.18. The monoisotopic (exact) mass is 361 g/mol. The van der Waals surface area contributed by atoms with Crippen molar-refractivity contribution >= 4 is 39.9 Å². The third-order valence-corrected chi connectivity index (χ3v) is 3.56. The molecule has 0 spiro atoms. The molecule has 0 bridgehead atoms. The number of nitrogens with zero attached hydrogens (tertiary/aromatic N) is 4. The SMILES string of the molecule is CC(On1nnc2ccc(Cl)cc21)C(=O)Nc1cccc([N+](=O)[O-])c1. The summed E-state index contributed by atoms with van der Waals surface area (Å²) >= 11 is 5.94. The number of hydrogen-bond donors (Lipinski definition) is 1. The van der Waals surface area contributed by atoms with Crippen molar-refractivity contribution in [1.29, 1.82) is 0 Å². The number of non-ortho nitro benzene ring substituents is 1. The molecule has 1 amide bonds. The molecular formula is C15H12ClN5O4. The molecule has 9 nitrogen and oxygen atoms in total. The van der Waals surface area contributed by atoms with Crippen LogP contribution in [0.25, 0.3) is 11.0 Å². The molecule has 0 aliphatic rings. The second-order valence-electron chi connectivity index (χ2n) is 5.14. The summed E-state index contributed by atoms with van der Waals surface area (Å²) in [7, 11) is 0. The first-order valence-corrected chi connectivity index (χ1v) is 7.55. The van der Waals surface area contributed by atoms with Crippen LogP contribution in [-0.2, 0) is 4.79 Å². The van der Waals surface area contributed by atoms with Gasteiger partial charge in [0.25, 0.3) is 11.6 Å². The van der Waals surface area contributed by atoms with Crippen LogP contribution in [0.3, 0.4) is 0 Å². The largest absolute Gasteiger partial charge is 0.382 e. The number of aromatic nitrogens is 3. The summed E-state index contributed by atoms with van der Waals surface area (Å²) in [6.07, 6.45) is -0.928. The summed E-state index contributed by atoms with van der Waals surface area (Å²) in [4.78, 5) is 29.0. The van der Waals surface area contributed by atoms with Crippen molar-refractivity contribution in [3.63, 3.8) is 0 Å². The van der Waals surface area contributed by atoms with Crippen molar-refractivity contribution in [2.75, 3.05) is 5.32 Å². The van der Waals surface area contributed by atoms with Gasteiger partial charge in [-0.05, 0) is 36.4 Å². The normalized spacial score (nSPS) is 11.9. The van der Waals surface area contributed by atoms with E-state index in [9.17, 15) is 14.9 Å². The quantitative estimate of drug-likeness (QED) is 0.551. The van der Waals surface area contributed by atoms with Gasteiger partial charge in [0.05, 0.1) is 4.92 Å². The first-order valence-electron chi connectivity index (χ1n) is 7.17. The van der Waals surface area contributed by atoms with E-state index in [2.05, 4.69) is 15.6 Å². The second kappa shape index (κ2) is 6.73. The van der Waals surface area contributed by atoms with E-state index in [4.69, 9.17) is 16.4 Å². The molecule has 0 aliphatic carbocycles. The van der Waals surface area contributed by atoms with Crippen molar-refractivity contribution in [1.82, 2.24) is 15.2 Å². The van der Waals surface area contributed by atoms with E-state index in [1.807, 2.05) is 0 Å². The number of nitro benzene ring substituents is 1. The molecule has 1 atom stereocenters. The van der Waals surface area contributed by atoms with Gasteiger partial charge in [-0.25, -0.2) is 0 Å². The predicted octanol–water partition coefficient (Wildman–Crippen LogP) is 2.45. The zero-order chi connectivity index (χ0) is 18.0. The Kier molecular flexibility index (Phi) is 4.48. The van der Waals surface area contributed by atoms with Gasteiger partial charge < -0.3 is 10.2 Å². The topological polar surface area (TPSA) is 112 Å². The molecule has 3 rings (SSSR count). The van der Waals surface area contributed by atoms with Gasteiger partial charge in [0, 0.05) is 22.8 Å². The molecule has 0 saturated heterocycles. The van der Waals surface area contributed by atoms with Gasteiger partial charge in [-0.1, -0.05) is 22.5 Å². The molecule has 1 heterocycles. The fourth-order valence-electron chi connectivity index (χ4n) is 2.09. The van der Waals surface area contributed by atoms with Crippen molar-refractivity contribution in [2.24, 2.45) is 0 Å². The van der Waals surface area contributed by atoms with Crippen molar-refractivity contribution in [3.8, 4) is 0 Å². The van der Waals surface area contributed by atoms with E-state index in [1.165, 1.54) is 25.1 Å². The van der Waals surface area contributed by atoms with Gasteiger partial charge in [0.2, 0.25) is 6.10 Å². The number of benzene rings is 2. The Morgan fingerprint density at radius 2 is 2.16 bits per heavy atom. The van der Waals surface area contributed by atoms with E-state index in [0.29, 0.717) is 21.7 Å². The Morgan fingerprint density at radius 3 is 2.92 bits per heavy atom. The molecule has 0 saturated carbocycles. The number of carbonyl (C=O) groups is 1. The Morgan fingerprint density at radius 1 is 1.36 bits per heavy atom. The Hall–Kier alpha value is -3.20. The molecule has 10 heteroatoms. The summed E-state index contributed by atoms with van der Waals surface area (Å²) in [6, 6.07) is 10.6. The highest BCUT2D eigenvalue weighted by atomic mass is 35.5. The zero-order valence-electron chi connectivity index (χ0n) is 12.9. The molecule has 0 aliphatic heterocycles. The van der Waals surface area contributed by atoms with Crippen LogP contribution in [0.2, 0.25) is 5.02 Å². The van der Waals surface area contributed by atoms with E-state index < -0.39 is 16.9 Å². The minimum atomic E-state index is -0.928. The highest BCUT2D eigenvalue weighted by molar-refractivity contribution is 6.31. The smallest absolute Gasteiger partial charge is 0.271 e. The molecule has 1 unspecified atom stereocenters. The van der Waals surface area contributed by atoms with Crippen LogP contribution in [0.5, 0.6) is 0 Å². The minimum absolute atomic E-state index is 0.122. The van der Waals surface area contributed by atoms with Gasteiger partial charge in [-0.3, -0.25) is 14.9 Å². The molecule has 25 heavy (non-hydrogen) atoms. The standard InChI is InChI=1S/C15H12ClN5O4/c1-9(15(22)17-11-3-2-4-12(8-11)21(23)24)25-20-14-7-10(16)5-6-13(14)18-19-20/h2-9H,1H3,(H,17,22). The van der Waals surface area contributed by atoms with Gasteiger partial charge in [0.15, 0.2) is 0 Å². The van der Waals surface area contributed by atoms with Crippen LogP contribution in [0.4, 0.5) is 11.4 Å². The molecular weight excluding hydrogens is 350 g/mol. The Balaban J connectivity index is 1.73. The van der Waals surface area contributed by atoms with E-state index in [1.54, 1.807) is 24.3 Å². The second-order valence-corrected chi connectivity index (χ2v) is 5.58. The number of amides is 1. The number of rotatable bonds is 5. The predicted molar refractivity (Wildman–Crippen MR) is 90.3 cm³/mol. The van der Waals surface area contributed by atoms with Crippen LogP contribution in [-0.4, -0.2) is 32.1 Å². The summed E-state index contributed by atoms with van der Waals surface area (Å²) in [6.45, 7) is 1.52. The van der Waals surface area contributed by atoms with Crippen LogP contribution in [0, 0.1) is 10.1 Å². The third-order valence-electron chi connectivity index (χ3n) is 3.33. The lowest BCUT2D eigenvalue weighted by molar-refractivity contribution is -0.384. The average Bonchev–Trinajstić information content (AvgIpc) is 2.97. The first kappa shape index (κ1) is 16.7. The number of hydrogen-bond acceptors (Lipinski definition) is 6. The van der Waals surface area contributed by atoms with Crippen molar-refractivity contribution in [2.45, 2.75) is 13.0 Å². The van der Waals surface area contributed by atoms with Crippen LogP contribution in [0.1, 0.15) is 6.92 Å². The van der Waals surface area contributed by atoms with Crippen LogP contribution >= 0.6 is 11.6 Å². The molecule has 1 aromatic heterocycles. The number of nitrogens with one attached hydrogen (secondary N) is 1. The molecule has 2 aromatic carbocycles.